The summed E-state index contributed by atoms with van der Waals surface area (Å²) >= 11 is 0. The number of hydrogen-bond donors (Lipinski definition) is 3. The summed E-state index contributed by atoms with van der Waals surface area (Å²) in [6.07, 6.45) is 0.659. The Bertz CT molecular complexity index is 899. The van der Waals surface area contributed by atoms with E-state index < -0.39 is 17.1 Å². The van der Waals surface area contributed by atoms with Crippen LogP contribution in [0.15, 0.2) is 10.9 Å². The number of halogens is 2. The van der Waals surface area contributed by atoms with E-state index in [1.165, 1.54) is 0 Å². The normalized spacial score (nSPS) is 11.6. The van der Waals surface area contributed by atoms with Crippen molar-refractivity contribution in [2.45, 2.75) is 19.8 Å². The first kappa shape index (κ1) is 13.7. The van der Waals surface area contributed by atoms with Gasteiger partial charge in [-0.15, -0.1) is 0 Å². The first-order valence-corrected chi connectivity index (χ1v) is 6.53. The van der Waals surface area contributed by atoms with Crippen LogP contribution in [0.4, 0.5) is 8.78 Å². The lowest BCUT2D eigenvalue weighted by atomic mass is 10.0. The first-order valence-electron chi connectivity index (χ1n) is 6.53. The molecule has 2 heterocycles. The van der Waals surface area contributed by atoms with E-state index in [4.69, 9.17) is 5.11 Å². The summed E-state index contributed by atoms with van der Waals surface area (Å²) in [5.74, 6) is -1.78. The zero-order valence-electron chi connectivity index (χ0n) is 11.3. The average molecular weight is 293 g/mol. The van der Waals surface area contributed by atoms with Gasteiger partial charge in [0.25, 0.3) is 0 Å². The fraction of sp³-hybridized carbons (Fsp3) is 0.286. The van der Waals surface area contributed by atoms with Crippen LogP contribution < -0.4 is 5.43 Å². The van der Waals surface area contributed by atoms with E-state index in [1.807, 2.05) is 0 Å². The van der Waals surface area contributed by atoms with Crippen molar-refractivity contribution >= 4 is 21.8 Å². The minimum atomic E-state index is -0.986. The number of benzene rings is 1. The molecule has 0 aliphatic heterocycles. The maximum atomic E-state index is 14.3. The molecule has 2 aromatic heterocycles. The summed E-state index contributed by atoms with van der Waals surface area (Å²) in [6, 6.07) is 0.638. The van der Waals surface area contributed by atoms with Crippen molar-refractivity contribution in [3.8, 4) is 0 Å². The molecular formula is C14H13F2N3O2. The maximum Gasteiger partial charge on any atom is 0.217 e. The summed E-state index contributed by atoms with van der Waals surface area (Å²) in [6.45, 7) is 1.60. The Morgan fingerprint density at radius 2 is 2.00 bits per heavy atom. The quantitative estimate of drug-likeness (QED) is 0.690. The fourth-order valence-corrected chi connectivity index (χ4v) is 2.58. The molecular weight excluding hydrogens is 280 g/mol. The van der Waals surface area contributed by atoms with Crippen molar-refractivity contribution in [3.63, 3.8) is 0 Å². The van der Waals surface area contributed by atoms with Crippen LogP contribution in [0, 0.1) is 18.6 Å². The lowest BCUT2D eigenvalue weighted by Gasteiger charge is -2.08. The number of rotatable bonds is 3. The minimum absolute atomic E-state index is 0.00384. The Balaban J connectivity index is 2.53. The highest BCUT2D eigenvalue weighted by Gasteiger charge is 2.20. The molecule has 7 heteroatoms. The molecule has 3 rings (SSSR count). The molecule has 3 aromatic rings. The lowest BCUT2D eigenvalue weighted by molar-refractivity contribution is 0.288. The standard InChI is InChI=1S/C14H13F2N3O2/c1-6-10-12-11(7(15)5-9(21)13(12)16)8(3-2-4-20)17-14(10)19-18-6/h5,20H,2-4H2,1H3,(H2,17,18,19). The van der Waals surface area contributed by atoms with Gasteiger partial charge in [0.15, 0.2) is 11.5 Å². The number of aromatic amines is 2. The van der Waals surface area contributed by atoms with Gasteiger partial charge < -0.3 is 10.2 Å². The van der Waals surface area contributed by atoms with Gasteiger partial charge >= 0.3 is 0 Å². The molecule has 21 heavy (non-hydrogen) atoms. The third-order valence-electron chi connectivity index (χ3n) is 3.52. The van der Waals surface area contributed by atoms with Crippen molar-refractivity contribution < 1.29 is 13.9 Å². The number of pyridine rings is 1. The second kappa shape index (κ2) is 4.92. The third-order valence-corrected chi connectivity index (χ3v) is 3.52. The van der Waals surface area contributed by atoms with E-state index in [1.54, 1.807) is 6.92 Å². The van der Waals surface area contributed by atoms with Crippen molar-refractivity contribution in [3.05, 3.63) is 39.3 Å². The van der Waals surface area contributed by atoms with Crippen LogP contribution >= 0.6 is 0 Å². The van der Waals surface area contributed by atoms with Gasteiger partial charge in [0.2, 0.25) is 5.43 Å². The van der Waals surface area contributed by atoms with Crippen LogP contribution in [-0.2, 0) is 6.42 Å². The summed E-state index contributed by atoms with van der Waals surface area (Å²) in [5.41, 5.74) is 0.261. The molecule has 0 saturated carbocycles. The molecule has 0 aliphatic carbocycles. The molecule has 0 bridgehead atoms. The SMILES string of the molecule is Cc1[nH][nH]c2nc(CCCO)c3c(F)cc(=O)c(F)c3c12. The zero-order chi connectivity index (χ0) is 15.1. The summed E-state index contributed by atoms with van der Waals surface area (Å²) in [4.78, 5) is 15.8. The Morgan fingerprint density at radius 1 is 1.24 bits per heavy atom. The Morgan fingerprint density at radius 3 is 2.71 bits per heavy atom. The number of aliphatic hydroxyl groups is 1. The molecule has 0 aliphatic rings. The maximum absolute atomic E-state index is 14.3. The summed E-state index contributed by atoms with van der Waals surface area (Å²) < 4.78 is 28.5. The first-order chi connectivity index (χ1) is 10.0. The van der Waals surface area contributed by atoms with Crippen LogP contribution in [0.25, 0.3) is 21.8 Å². The fourth-order valence-electron chi connectivity index (χ4n) is 2.58. The molecule has 5 nitrogen and oxygen atoms in total. The smallest absolute Gasteiger partial charge is 0.217 e. The van der Waals surface area contributed by atoms with Crippen LogP contribution in [0.5, 0.6) is 0 Å². The number of nitrogens with zero attached hydrogens (tertiary/aromatic N) is 1. The molecule has 0 amide bonds. The van der Waals surface area contributed by atoms with E-state index in [0.29, 0.717) is 34.9 Å². The monoisotopic (exact) mass is 293 g/mol. The van der Waals surface area contributed by atoms with Gasteiger partial charge in [0, 0.05) is 29.1 Å². The van der Waals surface area contributed by atoms with Gasteiger partial charge in [-0.25, -0.2) is 13.8 Å². The molecule has 110 valence electrons. The average Bonchev–Trinajstić information content (AvgIpc) is 2.82. The number of hydrogen-bond acceptors (Lipinski definition) is 3. The predicted octanol–water partition coefficient (Wildman–Crippen LogP) is 1.92. The van der Waals surface area contributed by atoms with Gasteiger partial charge in [-0.1, -0.05) is 0 Å². The van der Waals surface area contributed by atoms with E-state index in [9.17, 15) is 13.6 Å². The van der Waals surface area contributed by atoms with E-state index >= 15 is 0 Å². The molecule has 1 aromatic carbocycles. The summed E-state index contributed by atoms with van der Waals surface area (Å²) in [7, 11) is 0. The largest absolute Gasteiger partial charge is 0.396 e. The summed E-state index contributed by atoms with van der Waals surface area (Å²) in [5, 5.41) is 14.8. The highest BCUT2D eigenvalue weighted by molar-refractivity contribution is 6.07. The van der Waals surface area contributed by atoms with Gasteiger partial charge in [0.05, 0.1) is 11.1 Å². The van der Waals surface area contributed by atoms with Crippen molar-refractivity contribution in [2.75, 3.05) is 6.61 Å². The van der Waals surface area contributed by atoms with Crippen molar-refractivity contribution in [2.24, 2.45) is 0 Å². The Hall–Kier alpha value is -2.28. The number of aliphatic hydroxyl groups excluding tert-OH is 1. The number of aryl methyl sites for hydroxylation is 2. The molecule has 0 fully saturated rings. The molecule has 0 radical (unpaired) electrons. The number of H-pyrrole nitrogens is 2. The van der Waals surface area contributed by atoms with E-state index in [-0.39, 0.29) is 23.8 Å². The van der Waals surface area contributed by atoms with Gasteiger partial charge in [-0.2, -0.15) is 0 Å². The van der Waals surface area contributed by atoms with Crippen molar-refractivity contribution in [1.29, 1.82) is 0 Å². The molecule has 0 spiro atoms. The van der Waals surface area contributed by atoms with Crippen molar-refractivity contribution in [1.82, 2.24) is 15.2 Å². The number of aromatic nitrogens is 3. The second-order valence-electron chi connectivity index (χ2n) is 4.90. The predicted molar refractivity (Wildman–Crippen MR) is 74.3 cm³/mol. The minimum Gasteiger partial charge on any atom is -0.396 e. The van der Waals surface area contributed by atoms with Gasteiger partial charge in [-0.05, 0) is 19.8 Å². The lowest BCUT2D eigenvalue weighted by Crippen LogP contribution is -2.09. The zero-order valence-corrected chi connectivity index (χ0v) is 11.3. The highest BCUT2D eigenvalue weighted by Crippen LogP contribution is 2.30. The second-order valence-corrected chi connectivity index (χ2v) is 4.90. The highest BCUT2D eigenvalue weighted by atomic mass is 19.1. The topological polar surface area (TPSA) is 81.8 Å². The molecule has 0 atom stereocenters. The third kappa shape index (κ3) is 2.01. The van der Waals surface area contributed by atoms with E-state index in [0.717, 1.165) is 0 Å². The molecule has 0 saturated heterocycles. The van der Waals surface area contributed by atoms with Gasteiger partial charge in [-0.3, -0.25) is 9.89 Å². The number of nitrogens with one attached hydrogen (secondary N) is 2. The van der Waals surface area contributed by atoms with Crippen LogP contribution in [0.2, 0.25) is 0 Å². The number of fused-ring (bicyclic) bond motifs is 3. The Kier molecular flexibility index (Phi) is 3.21. The van der Waals surface area contributed by atoms with Gasteiger partial charge in [0.1, 0.15) is 5.82 Å². The Labute approximate surface area is 117 Å². The van der Waals surface area contributed by atoms with E-state index in [2.05, 4.69) is 15.2 Å². The molecule has 0 unspecified atom stereocenters. The molecule has 3 N–H and O–H groups in total. The van der Waals surface area contributed by atoms with Crippen LogP contribution in [0.1, 0.15) is 17.8 Å². The van der Waals surface area contributed by atoms with Crippen LogP contribution in [0.3, 0.4) is 0 Å². The van der Waals surface area contributed by atoms with Crippen LogP contribution in [-0.4, -0.2) is 26.9 Å².